The highest BCUT2D eigenvalue weighted by Gasteiger charge is 2.37. The number of nitrogens with one attached hydrogen (secondary N) is 2. The zero-order chi connectivity index (χ0) is 26.2. The van der Waals surface area contributed by atoms with E-state index in [1.807, 2.05) is 19.9 Å². The molecule has 186 valence electrons. The molecule has 0 aromatic heterocycles. The summed E-state index contributed by atoms with van der Waals surface area (Å²) in [6.45, 7) is 12.0. The number of carbonyl (C=O) groups is 4. The molecule has 2 atom stereocenters. The van der Waals surface area contributed by atoms with Crippen molar-refractivity contribution >= 4 is 23.9 Å². The second kappa shape index (κ2) is 12.1. The molecule has 0 saturated carbocycles. The molecule has 34 heavy (non-hydrogen) atoms. The first-order valence-corrected chi connectivity index (χ1v) is 10.9. The summed E-state index contributed by atoms with van der Waals surface area (Å²) < 4.78 is 9.85. The van der Waals surface area contributed by atoms with Crippen molar-refractivity contribution in [2.45, 2.75) is 66.2 Å². The summed E-state index contributed by atoms with van der Waals surface area (Å²) in [7, 11) is 1.20. The van der Waals surface area contributed by atoms with Gasteiger partial charge in [0.2, 0.25) is 5.91 Å². The monoisotopic (exact) mass is 473 g/mol. The lowest BCUT2D eigenvalue weighted by molar-refractivity contribution is -0.143. The number of nitrogens with zero attached hydrogens (tertiary/aromatic N) is 1. The van der Waals surface area contributed by atoms with Gasteiger partial charge in [0.1, 0.15) is 24.2 Å². The Labute approximate surface area is 201 Å². The zero-order valence-corrected chi connectivity index (χ0v) is 21.1. The van der Waals surface area contributed by atoms with Gasteiger partial charge >= 0.3 is 12.1 Å². The molecule has 0 aliphatic rings. The summed E-state index contributed by atoms with van der Waals surface area (Å²) in [6, 6.07) is 5.23. The predicted octanol–water partition coefficient (Wildman–Crippen LogP) is 2.60. The van der Waals surface area contributed by atoms with Gasteiger partial charge in [-0.15, -0.1) is 0 Å². The Balaban J connectivity index is 3.39. The fourth-order valence-electron chi connectivity index (χ4n) is 3.04. The topological polar surface area (TPSA) is 114 Å². The van der Waals surface area contributed by atoms with Crippen LogP contribution >= 0.6 is 0 Å². The normalized spacial score (nSPS) is 12.7. The molecular formula is C25H35N3O6. The van der Waals surface area contributed by atoms with E-state index in [-0.39, 0.29) is 5.92 Å². The summed E-state index contributed by atoms with van der Waals surface area (Å²) in [5.74, 6) is -2.36. The van der Waals surface area contributed by atoms with Gasteiger partial charge < -0.3 is 20.1 Å². The number of ether oxygens (including phenoxy) is 2. The first-order valence-electron chi connectivity index (χ1n) is 10.9. The van der Waals surface area contributed by atoms with Crippen molar-refractivity contribution < 1.29 is 28.7 Å². The minimum absolute atomic E-state index is 0.366. The van der Waals surface area contributed by atoms with Crippen molar-refractivity contribution in [1.82, 2.24) is 15.5 Å². The van der Waals surface area contributed by atoms with Crippen molar-refractivity contribution in [2.24, 2.45) is 5.92 Å². The minimum atomic E-state index is -1.25. The van der Waals surface area contributed by atoms with Crippen molar-refractivity contribution in [1.29, 1.82) is 0 Å². The third kappa shape index (κ3) is 8.10. The molecule has 0 aliphatic carbocycles. The van der Waals surface area contributed by atoms with E-state index in [1.165, 1.54) is 7.11 Å². The van der Waals surface area contributed by atoms with Crippen LogP contribution in [-0.4, -0.2) is 54.1 Å². The van der Waals surface area contributed by atoms with Crippen LogP contribution in [0.25, 0.3) is 0 Å². The molecule has 1 aromatic rings. The van der Waals surface area contributed by atoms with Crippen LogP contribution in [0.3, 0.4) is 0 Å². The SMILES string of the molecule is C#CN(C(=O)C(NC(=O)OC(C)(C)C)C(C)C)C(C(=O)NCC(=O)OC)c1ccc(C)c(C)c1. The van der Waals surface area contributed by atoms with Gasteiger partial charge in [0.15, 0.2) is 0 Å². The first-order chi connectivity index (χ1) is 15.7. The van der Waals surface area contributed by atoms with Gasteiger partial charge in [0.25, 0.3) is 5.91 Å². The summed E-state index contributed by atoms with van der Waals surface area (Å²) in [6.07, 6.45) is 4.93. The second-order valence-corrected chi connectivity index (χ2v) is 9.25. The molecule has 1 aromatic carbocycles. The van der Waals surface area contributed by atoms with Gasteiger partial charge in [-0.1, -0.05) is 38.5 Å². The molecule has 0 aliphatic heterocycles. The van der Waals surface area contributed by atoms with Crippen molar-refractivity contribution in [3.05, 3.63) is 34.9 Å². The number of alkyl carbamates (subject to hydrolysis) is 1. The molecule has 1 rings (SSSR count). The quantitative estimate of drug-likeness (QED) is 0.341. The molecule has 2 N–H and O–H groups in total. The maximum Gasteiger partial charge on any atom is 0.408 e. The van der Waals surface area contributed by atoms with Gasteiger partial charge in [0.05, 0.1) is 7.11 Å². The lowest BCUT2D eigenvalue weighted by Gasteiger charge is -2.32. The van der Waals surface area contributed by atoms with Gasteiger partial charge in [0, 0.05) is 6.04 Å². The summed E-state index contributed by atoms with van der Waals surface area (Å²) in [4.78, 5) is 51.5. The van der Waals surface area contributed by atoms with Crippen LogP contribution in [0.15, 0.2) is 18.2 Å². The molecule has 9 nitrogen and oxygen atoms in total. The van der Waals surface area contributed by atoms with Crippen molar-refractivity contribution in [3.63, 3.8) is 0 Å². The number of hydrogen-bond donors (Lipinski definition) is 2. The number of carbonyl (C=O) groups excluding carboxylic acids is 4. The summed E-state index contributed by atoms with van der Waals surface area (Å²) in [5, 5.41) is 5.02. The van der Waals surface area contributed by atoms with Gasteiger partial charge in [-0.2, -0.15) is 0 Å². The number of amides is 3. The Morgan fingerprint density at radius 1 is 1.12 bits per heavy atom. The molecule has 9 heteroatoms. The highest BCUT2D eigenvalue weighted by atomic mass is 16.6. The van der Waals surface area contributed by atoms with Crippen LogP contribution in [-0.2, 0) is 23.9 Å². The molecular weight excluding hydrogens is 438 g/mol. The Morgan fingerprint density at radius 2 is 1.74 bits per heavy atom. The minimum Gasteiger partial charge on any atom is -0.468 e. The number of aryl methyl sites for hydroxylation is 2. The lowest BCUT2D eigenvalue weighted by Crippen LogP contribution is -2.53. The number of esters is 1. The van der Waals surface area contributed by atoms with Crippen molar-refractivity contribution in [2.75, 3.05) is 13.7 Å². The number of benzene rings is 1. The number of terminal acetylenes is 1. The van der Waals surface area contributed by atoms with Gasteiger partial charge in [-0.25, -0.2) is 4.79 Å². The van der Waals surface area contributed by atoms with E-state index in [1.54, 1.807) is 46.8 Å². The molecule has 3 amide bonds. The fourth-order valence-corrected chi connectivity index (χ4v) is 3.04. The van der Waals surface area contributed by atoms with Crippen LogP contribution < -0.4 is 10.6 Å². The number of rotatable bonds is 8. The first kappa shape index (κ1) is 28.5. The van der Waals surface area contributed by atoms with Gasteiger partial charge in [-0.05, 0) is 57.2 Å². The maximum absolute atomic E-state index is 13.5. The smallest absolute Gasteiger partial charge is 0.408 e. The second-order valence-electron chi connectivity index (χ2n) is 9.25. The van der Waals surface area contributed by atoms with E-state index in [0.29, 0.717) is 5.56 Å². The van der Waals surface area contributed by atoms with Crippen LogP contribution in [0.5, 0.6) is 0 Å². The van der Waals surface area contributed by atoms with E-state index in [2.05, 4.69) is 21.4 Å². The third-order valence-electron chi connectivity index (χ3n) is 4.97. The average Bonchev–Trinajstić information content (AvgIpc) is 2.73. The highest BCUT2D eigenvalue weighted by molar-refractivity contribution is 5.94. The molecule has 0 fully saturated rings. The van der Waals surface area contributed by atoms with Crippen LogP contribution in [0.4, 0.5) is 4.79 Å². The molecule has 0 spiro atoms. The van der Waals surface area contributed by atoms with Crippen LogP contribution in [0.1, 0.15) is 57.4 Å². The standard InChI is InChI=1S/C25H35N3O6/c1-10-28(23(31)20(15(2)3)27-24(32)34-25(6,7)8)21(22(30)26-14-19(29)33-9)18-12-11-16(4)17(5)13-18/h1,11-13,15,20-21H,14H2,2-9H3,(H,26,30)(H,27,32). The molecule has 0 bridgehead atoms. The van der Waals surface area contributed by atoms with Crippen LogP contribution in [0, 0.1) is 32.2 Å². The van der Waals surface area contributed by atoms with E-state index in [4.69, 9.17) is 11.2 Å². The number of hydrogen-bond acceptors (Lipinski definition) is 6. The molecule has 0 heterocycles. The Hall–Kier alpha value is -3.54. The van der Waals surface area contributed by atoms with E-state index in [0.717, 1.165) is 16.0 Å². The van der Waals surface area contributed by atoms with E-state index >= 15 is 0 Å². The molecule has 0 radical (unpaired) electrons. The maximum atomic E-state index is 13.5. The van der Waals surface area contributed by atoms with Crippen molar-refractivity contribution in [3.8, 4) is 12.5 Å². The number of methoxy groups -OCH3 is 1. The van der Waals surface area contributed by atoms with Gasteiger partial charge in [-0.3, -0.25) is 19.3 Å². The lowest BCUT2D eigenvalue weighted by atomic mass is 9.97. The fraction of sp³-hybridized carbons (Fsp3) is 0.520. The Morgan fingerprint density at radius 3 is 2.21 bits per heavy atom. The average molecular weight is 474 g/mol. The molecule has 2 unspecified atom stereocenters. The van der Waals surface area contributed by atoms with E-state index in [9.17, 15) is 19.2 Å². The Kier molecular flexibility index (Phi) is 10.1. The summed E-state index contributed by atoms with van der Waals surface area (Å²) >= 11 is 0. The largest absolute Gasteiger partial charge is 0.468 e. The zero-order valence-electron chi connectivity index (χ0n) is 21.1. The summed E-state index contributed by atoms with van der Waals surface area (Å²) in [5.41, 5.74) is 1.56. The van der Waals surface area contributed by atoms with Crippen LogP contribution in [0.2, 0.25) is 0 Å². The Bertz CT molecular complexity index is 958. The third-order valence-corrected chi connectivity index (χ3v) is 4.97. The molecule has 0 saturated heterocycles. The van der Waals surface area contributed by atoms with E-state index < -0.39 is 48.1 Å². The predicted molar refractivity (Wildman–Crippen MR) is 127 cm³/mol. The highest BCUT2D eigenvalue weighted by Crippen LogP contribution is 2.25.